The third-order valence-corrected chi connectivity index (χ3v) is 7.36. The monoisotopic (exact) mass is 609 g/mol. The van der Waals surface area contributed by atoms with Gasteiger partial charge in [0.2, 0.25) is 5.91 Å². The van der Waals surface area contributed by atoms with Crippen LogP contribution in [0.3, 0.4) is 0 Å². The standard InChI is InChI=1S/C21H27N3O.C11H10F6O/c22-21(25)16-24-15-18(14-23-13-17-7-3-1-4-8-17)11-12-20(24)19-9-5-2-6-10-19;1-6(18-2)7-3-8(10(12,13)14)5-9(4-7)11(15,16)17/h1-10,18,20,23H,11-16H2,(H2,22,25);3-6H,1-2H3. The maximum atomic E-state index is 12.5. The first kappa shape index (κ1) is 34.1. The number of hydrogen-bond donors (Lipinski definition) is 2. The van der Waals surface area contributed by atoms with Gasteiger partial charge >= 0.3 is 12.4 Å². The van der Waals surface area contributed by atoms with Crippen molar-refractivity contribution in [1.82, 2.24) is 10.2 Å². The summed E-state index contributed by atoms with van der Waals surface area (Å²) in [7, 11) is 1.21. The number of halogens is 6. The number of piperidine rings is 1. The molecule has 1 fully saturated rings. The van der Waals surface area contributed by atoms with Crippen LogP contribution in [-0.2, 0) is 28.4 Å². The van der Waals surface area contributed by atoms with Crippen molar-refractivity contribution in [2.24, 2.45) is 11.7 Å². The van der Waals surface area contributed by atoms with Crippen molar-refractivity contribution >= 4 is 5.91 Å². The first-order chi connectivity index (χ1) is 20.3. The summed E-state index contributed by atoms with van der Waals surface area (Å²) in [5, 5.41) is 3.56. The number of nitrogens with two attached hydrogens (primary N) is 1. The lowest BCUT2D eigenvalue weighted by molar-refractivity contribution is -0.143. The second kappa shape index (κ2) is 15.4. The fourth-order valence-corrected chi connectivity index (χ4v) is 5.09. The summed E-state index contributed by atoms with van der Waals surface area (Å²) in [5.74, 6) is 0.293. The van der Waals surface area contributed by atoms with Gasteiger partial charge in [-0.2, -0.15) is 26.3 Å². The van der Waals surface area contributed by atoms with Crippen molar-refractivity contribution in [3.8, 4) is 0 Å². The van der Waals surface area contributed by atoms with Gasteiger partial charge in [0, 0.05) is 26.2 Å². The van der Waals surface area contributed by atoms with Crippen LogP contribution >= 0.6 is 0 Å². The van der Waals surface area contributed by atoms with Crippen molar-refractivity contribution in [2.45, 2.75) is 50.8 Å². The zero-order valence-electron chi connectivity index (χ0n) is 24.1. The molecule has 1 heterocycles. The number of carbonyl (C=O) groups excluding carboxylic acids is 1. The molecule has 3 unspecified atom stereocenters. The molecule has 5 nitrogen and oxygen atoms in total. The third kappa shape index (κ3) is 10.7. The van der Waals surface area contributed by atoms with Gasteiger partial charge in [0.05, 0.1) is 23.8 Å². The van der Waals surface area contributed by atoms with E-state index in [2.05, 4.69) is 58.7 Å². The van der Waals surface area contributed by atoms with Crippen LogP contribution in [0, 0.1) is 5.92 Å². The minimum atomic E-state index is -4.83. The maximum Gasteiger partial charge on any atom is 0.416 e. The van der Waals surface area contributed by atoms with E-state index in [1.54, 1.807) is 0 Å². The van der Waals surface area contributed by atoms with E-state index < -0.39 is 29.6 Å². The highest BCUT2D eigenvalue weighted by molar-refractivity contribution is 5.76. The first-order valence-electron chi connectivity index (χ1n) is 13.9. The predicted molar refractivity (Wildman–Crippen MR) is 153 cm³/mol. The van der Waals surface area contributed by atoms with Crippen molar-refractivity contribution < 1.29 is 35.9 Å². The van der Waals surface area contributed by atoms with Crippen LogP contribution in [-0.4, -0.2) is 37.6 Å². The van der Waals surface area contributed by atoms with Crippen LogP contribution in [0.25, 0.3) is 0 Å². The van der Waals surface area contributed by atoms with E-state index >= 15 is 0 Å². The number of hydrogen-bond acceptors (Lipinski definition) is 4. The molecule has 0 spiro atoms. The predicted octanol–water partition coefficient (Wildman–Crippen LogP) is 7.15. The fraction of sp³-hybridized carbons (Fsp3) is 0.406. The Morgan fingerprint density at radius 1 is 0.930 bits per heavy atom. The quantitative estimate of drug-likeness (QED) is 0.253. The van der Waals surface area contributed by atoms with E-state index in [1.807, 2.05) is 12.1 Å². The number of nitrogens with zero attached hydrogens (tertiary/aromatic N) is 1. The van der Waals surface area contributed by atoms with Gasteiger partial charge in [-0.3, -0.25) is 9.69 Å². The summed E-state index contributed by atoms with van der Waals surface area (Å²) < 4.78 is 79.7. The maximum absolute atomic E-state index is 12.5. The molecule has 11 heteroatoms. The molecule has 0 bridgehead atoms. The number of benzene rings is 3. The molecule has 0 aromatic heterocycles. The Balaban J connectivity index is 0.000000250. The SMILES string of the molecule is COC(C)c1cc(C(F)(F)F)cc(C(F)(F)F)c1.NC(=O)CN1CC(CNCc2ccccc2)CCC1c1ccccc1. The number of nitrogens with one attached hydrogen (secondary N) is 1. The Hall–Kier alpha value is -3.41. The van der Waals surface area contributed by atoms with Crippen molar-refractivity contribution in [2.75, 3.05) is 26.7 Å². The molecule has 3 aromatic carbocycles. The zero-order chi connectivity index (χ0) is 31.6. The number of ether oxygens (including phenoxy) is 1. The molecule has 0 saturated carbocycles. The lowest BCUT2D eigenvalue weighted by Crippen LogP contribution is -2.45. The smallest absolute Gasteiger partial charge is 0.377 e. The molecule has 1 saturated heterocycles. The number of alkyl halides is 6. The van der Waals surface area contributed by atoms with Gasteiger partial charge in [0.15, 0.2) is 0 Å². The highest BCUT2D eigenvalue weighted by atomic mass is 19.4. The molecule has 43 heavy (non-hydrogen) atoms. The van der Waals surface area contributed by atoms with Crippen molar-refractivity contribution in [3.63, 3.8) is 0 Å². The number of primary amides is 1. The van der Waals surface area contributed by atoms with E-state index in [0.717, 1.165) is 32.5 Å². The molecule has 1 amide bonds. The van der Waals surface area contributed by atoms with E-state index in [0.29, 0.717) is 30.6 Å². The lowest BCUT2D eigenvalue weighted by Gasteiger charge is -2.39. The van der Waals surface area contributed by atoms with Crippen molar-refractivity contribution in [3.05, 3.63) is 107 Å². The Kier molecular flexibility index (Phi) is 12.2. The highest BCUT2D eigenvalue weighted by Crippen LogP contribution is 2.38. The van der Waals surface area contributed by atoms with E-state index in [-0.39, 0.29) is 17.5 Å². The van der Waals surface area contributed by atoms with E-state index in [9.17, 15) is 31.1 Å². The second-order valence-electron chi connectivity index (χ2n) is 10.6. The molecule has 1 aliphatic heterocycles. The van der Waals surface area contributed by atoms with E-state index in [4.69, 9.17) is 10.5 Å². The molecule has 4 rings (SSSR count). The van der Waals surface area contributed by atoms with Crippen LogP contribution < -0.4 is 11.1 Å². The Morgan fingerprint density at radius 3 is 2.00 bits per heavy atom. The minimum Gasteiger partial charge on any atom is -0.377 e. The Labute approximate surface area is 248 Å². The normalized spacial score (nSPS) is 18.4. The summed E-state index contributed by atoms with van der Waals surface area (Å²) in [6.45, 7) is 4.45. The number of likely N-dealkylation sites (tertiary alicyclic amines) is 1. The highest BCUT2D eigenvalue weighted by Gasteiger charge is 2.37. The zero-order valence-corrected chi connectivity index (χ0v) is 24.1. The van der Waals surface area contributed by atoms with Gasteiger partial charge in [0.1, 0.15) is 0 Å². The largest absolute Gasteiger partial charge is 0.416 e. The lowest BCUT2D eigenvalue weighted by atomic mass is 9.88. The average Bonchev–Trinajstić information content (AvgIpc) is 2.97. The minimum absolute atomic E-state index is 0.0892. The second-order valence-corrected chi connectivity index (χ2v) is 10.6. The molecular formula is C32H37F6N3O2. The molecule has 3 atom stereocenters. The summed E-state index contributed by atoms with van der Waals surface area (Å²) in [4.78, 5) is 13.8. The number of carbonyl (C=O) groups is 1. The third-order valence-electron chi connectivity index (χ3n) is 7.36. The topological polar surface area (TPSA) is 67.6 Å². The molecule has 0 aliphatic carbocycles. The first-order valence-corrected chi connectivity index (χ1v) is 13.9. The fourth-order valence-electron chi connectivity index (χ4n) is 5.09. The number of methoxy groups -OCH3 is 1. The van der Waals surface area contributed by atoms with Crippen LogP contribution in [0.2, 0.25) is 0 Å². The summed E-state index contributed by atoms with van der Waals surface area (Å²) in [6, 6.07) is 22.6. The van der Waals surface area contributed by atoms with Gasteiger partial charge in [-0.1, -0.05) is 60.7 Å². The average molecular weight is 610 g/mol. The number of rotatable bonds is 9. The molecule has 1 aliphatic rings. The molecular weight excluding hydrogens is 572 g/mol. The van der Waals surface area contributed by atoms with Gasteiger partial charge in [-0.05, 0) is 67.1 Å². The van der Waals surface area contributed by atoms with Crippen LogP contribution in [0.5, 0.6) is 0 Å². The van der Waals surface area contributed by atoms with Crippen LogP contribution in [0.15, 0.2) is 78.9 Å². The molecule has 234 valence electrons. The summed E-state index contributed by atoms with van der Waals surface area (Å²) in [5.41, 5.74) is 5.23. The van der Waals surface area contributed by atoms with Gasteiger partial charge in [-0.15, -0.1) is 0 Å². The van der Waals surface area contributed by atoms with Gasteiger partial charge < -0.3 is 15.8 Å². The summed E-state index contributed by atoms with van der Waals surface area (Å²) >= 11 is 0. The molecule has 3 aromatic rings. The van der Waals surface area contributed by atoms with Crippen LogP contribution in [0.4, 0.5) is 26.3 Å². The molecule has 0 radical (unpaired) electrons. The molecule has 3 N–H and O–H groups in total. The van der Waals surface area contributed by atoms with Crippen LogP contribution in [0.1, 0.15) is 59.7 Å². The summed E-state index contributed by atoms with van der Waals surface area (Å²) in [6.07, 6.45) is -8.29. The van der Waals surface area contributed by atoms with Gasteiger partial charge in [-0.25, -0.2) is 0 Å². The number of amides is 1. The Bertz CT molecular complexity index is 1250. The van der Waals surface area contributed by atoms with Crippen molar-refractivity contribution in [1.29, 1.82) is 0 Å². The van der Waals surface area contributed by atoms with E-state index in [1.165, 1.54) is 25.2 Å². The Morgan fingerprint density at radius 2 is 1.49 bits per heavy atom. The van der Waals surface area contributed by atoms with Gasteiger partial charge in [0.25, 0.3) is 0 Å².